The summed E-state index contributed by atoms with van der Waals surface area (Å²) >= 11 is 6.42. The number of piperazine rings is 1. The standard InChI is InChI=1S/C25H26ClF3N2O3/c26-20-17-11-16(15-1-2-15)12-18(25(27,28)29)21(17)34-22(20)23(33)30-9-10-31(19(32)13-30)24-6-3-14(4-7-24)5-8-24/h11-12,14-15H,1-10,13H2. The number of benzene rings is 1. The van der Waals surface area contributed by atoms with Crippen LogP contribution in [0.25, 0.3) is 11.0 Å². The minimum absolute atomic E-state index is 0.0792. The van der Waals surface area contributed by atoms with Crippen molar-refractivity contribution >= 4 is 34.4 Å². The van der Waals surface area contributed by atoms with Gasteiger partial charge in [-0.2, -0.15) is 13.2 Å². The first kappa shape index (κ1) is 22.3. The van der Waals surface area contributed by atoms with E-state index in [1.54, 1.807) is 6.07 Å². The van der Waals surface area contributed by atoms with Gasteiger partial charge in [0.25, 0.3) is 5.91 Å². The summed E-state index contributed by atoms with van der Waals surface area (Å²) in [4.78, 5) is 29.7. The molecule has 2 bridgehead atoms. The third kappa shape index (κ3) is 3.51. The fraction of sp³-hybridized carbons (Fsp3) is 0.600. The molecule has 34 heavy (non-hydrogen) atoms. The minimum Gasteiger partial charge on any atom is -0.449 e. The van der Waals surface area contributed by atoms with E-state index in [2.05, 4.69) is 0 Å². The van der Waals surface area contributed by atoms with Crippen molar-refractivity contribution in [1.82, 2.24) is 9.80 Å². The molecule has 1 aliphatic heterocycles. The fourth-order valence-corrected chi connectivity index (χ4v) is 6.58. The largest absolute Gasteiger partial charge is 0.449 e. The zero-order valence-electron chi connectivity index (χ0n) is 18.7. The predicted molar refractivity (Wildman–Crippen MR) is 120 cm³/mol. The van der Waals surface area contributed by atoms with E-state index in [-0.39, 0.29) is 40.1 Å². The normalized spacial score (nSPS) is 27.6. The van der Waals surface area contributed by atoms with Crippen molar-refractivity contribution in [2.75, 3.05) is 19.6 Å². The molecular formula is C25H26ClF3N2O3. The van der Waals surface area contributed by atoms with Gasteiger partial charge in [-0.05, 0) is 80.9 Å². The SMILES string of the molecule is O=C(c1oc2c(C(F)(F)F)cc(C3CC3)cc2c1Cl)N1CCN(C23CCC(CC2)CC3)C(=O)C1. The Hall–Kier alpha value is -2.22. The summed E-state index contributed by atoms with van der Waals surface area (Å²) in [6, 6.07) is 2.71. The van der Waals surface area contributed by atoms with E-state index in [0.29, 0.717) is 18.7 Å². The number of carbonyl (C=O) groups is 2. The van der Waals surface area contributed by atoms with E-state index in [1.807, 2.05) is 4.90 Å². The minimum atomic E-state index is -4.63. The highest BCUT2D eigenvalue weighted by Gasteiger charge is 2.48. The molecule has 2 amide bonds. The third-order valence-electron chi connectivity index (χ3n) is 8.43. The predicted octanol–water partition coefficient (Wildman–Crippen LogP) is 5.99. The van der Waals surface area contributed by atoms with Crippen molar-refractivity contribution in [3.63, 3.8) is 0 Å². The number of hydrogen-bond acceptors (Lipinski definition) is 3. The van der Waals surface area contributed by atoms with Gasteiger partial charge in [-0.15, -0.1) is 0 Å². The van der Waals surface area contributed by atoms with Crippen LogP contribution in [0.2, 0.25) is 5.02 Å². The van der Waals surface area contributed by atoms with Gasteiger partial charge in [-0.1, -0.05) is 11.6 Å². The molecule has 2 heterocycles. The molecule has 0 unspecified atom stereocenters. The maximum absolute atomic E-state index is 13.8. The number of furan rings is 1. The average molecular weight is 495 g/mol. The Morgan fingerprint density at radius 1 is 1.06 bits per heavy atom. The first-order valence-electron chi connectivity index (χ1n) is 12.1. The molecule has 4 aliphatic carbocycles. The van der Waals surface area contributed by atoms with Crippen molar-refractivity contribution in [2.24, 2.45) is 5.92 Å². The van der Waals surface area contributed by atoms with Gasteiger partial charge in [0.1, 0.15) is 12.1 Å². The molecule has 5 fully saturated rings. The topological polar surface area (TPSA) is 53.8 Å². The lowest BCUT2D eigenvalue weighted by Crippen LogP contribution is -2.63. The molecule has 0 N–H and O–H groups in total. The van der Waals surface area contributed by atoms with Crippen LogP contribution in [0.3, 0.4) is 0 Å². The average Bonchev–Trinajstić information content (AvgIpc) is 3.62. The monoisotopic (exact) mass is 494 g/mol. The van der Waals surface area contributed by atoms with Gasteiger partial charge in [0.2, 0.25) is 11.7 Å². The van der Waals surface area contributed by atoms with Crippen LogP contribution < -0.4 is 0 Å². The van der Waals surface area contributed by atoms with Crippen LogP contribution in [0.5, 0.6) is 0 Å². The van der Waals surface area contributed by atoms with Gasteiger partial charge < -0.3 is 14.2 Å². The van der Waals surface area contributed by atoms with Gasteiger partial charge in [0.15, 0.2) is 0 Å². The molecule has 4 saturated carbocycles. The summed E-state index contributed by atoms with van der Waals surface area (Å²) in [5.41, 5.74) is -0.876. The van der Waals surface area contributed by atoms with Crippen molar-refractivity contribution in [3.05, 3.63) is 34.0 Å². The van der Waals surface area contributed by atoms with Crippen LogP contribution in [0.4, 0.5) is 13.2 Å². The second-order valence-corrected chi connectivity index (χ2v) is 10.8. The van der Waals surface area contributed by atoms with Crippen LogP contribution in [0.1, 0.15) is 79.0 Å². The number of alkyl halides is 3. The first-order valence-corrected chi connectivity index (χ1v) is 12.5. The molecule has 0 spiro atoms. The highest BCUT2D eigenvalue weighted by molar-refractivity contribution is 6.38. The zero-order valence-corrected chi connectivity index (χ0v) is 19.5. The molecule has 5 aliphatic rings. The molecule has 9 heteroatoms. The summed E-state index contributed by atoms with van der Waals surface area (Å²) < 4.78 is 46.8. The summed E-state index contributed by atoms with van der Waals surface area (Å²) in [6.45, 7) is 0.617. The number of nitrogens with zero attached hydrogens (tertiary/aromatic N) is 2. The fourth-order valence-electron chi connectivity index (χ4n) is 6.32. The zero-order chi connectivity index (χ0) is 23.8. The van der Waals surface area contributed by atoms with E-state index in [9.17, 15) is 22.8 Å². The van der Waals surface area contributed by atoms with Crippen molar-refractivity contribution in [1.29, 1.82) is 0 Å². The third-order valence-corrected chi connectivity index (χ3v) is 8.81. The Balaban J connectivity index is 1.28. The molecule has 1 aromatic heterocycles. The second kappa shape index (κ2) is 7.64. The Morgan fingerprint density at radius 3 is 2.32 bits per heavy atom. The molecule has 0 radical (unpaired) electrons. The molecule has 182 valence electrons. The second-order valence-electron chi connectivity index (χ2n) is 10.4. The van der Waals surface area contributed by atoms with E-state index in [1.165, 1.54) is 4.90 Å². The lowest BCUT2D eigenvalue weighted by atomic mass is 9.65. The van der Waals surface area contributed by atoms with Crippen LogP contribution in [0.15, 0.2) is 16.5 Å². The maximum atomic E-state index is 13.8. The maximum Gasteiger partial charge on any atom is 0.420 e. The van der Waals surface area contributed by atoms with Gasteiger partial charge in [-0.25, -0.2) is 0 Å². The number of amides is 2. The van der Waals surface area contributed by atoms with Gasteiger partial charge >= 0.3 is 6.18 Å². The van der Waals surface area contributed by atoms with Crippen LogP contribution in [-0.4, -0.2) is 46.8 Å². The molecular weight excluding hydrogens is 469 g/mol. The highest BCUT2D eigenvalue weighted by atomic mass is 35.5. The summed E-state index contributed by atoms with van der Waals surface area (Å²) in [6.07, 6.45) is 3.49. The number of rotatable bonds is 3. The van der Waals surface area contributed by atoms with E-state index < -0.39 is 23.2 Å². The summed E-state index contributed by atoms with van der Waals surface area (Å²) in [5, 5.41) is -0.0170. The van der Waals surface area contributed by atoms with E-state index in [4.69, 9.17) is 16.0 Å². The number of hydrogen-bond donors (Lipinski definition) is 0. The first-order chi connectivity index (χ1) is 16.2. The molecule has 5 nitrogen and oxygen atoms in total. The summed E-state index contributed by atoms with van der Waals surface area (Å²) in [5.74, 6) is -0.223. The number of carbonyl (C=O) groups excluding carboxylic acids is 2. The van der Waals surface area contributed by atoms with Crippen LogP contribution >= 0.6 is 11.6 Å². The lowest BCUT2D eigenvalue weighted by molar-refractivity contribution is -0.147. The molecule has 1 saturated heterocycles. The van der Waals surface area contributed by atoms with Crippen LogP contribution in [0, 0.1) is 5.92 Å². The van der Waals surface area contributed by atoms with Gasteiger partial charge in [0, 0.05) is 24.0 Å². The Kier molecular flexibility index (Phi) is 5.00. The quantitative estimate of drug-likeness (QED) is 0.526. The molecule has 1 aromatic carbocycles. The van der Waals surface area contributed by atoms with Gasteiger partial charge in [-0.3, -0.25) is 9.59 Å². The molecule has 0 atom stereocenters. The Morgan fingerprint density at radius 2 is 1.74 bits per heavy atom. The molecule has 7 rings (SSSR count). The summed E-state index contributed by atoms with van der Waals surface area (Å²) in [7, 11) is 0. The van der Waals surface area contributed by atoms with Crippen molar-refractivity contribution in [2.45, 2.75) is 69.0 Å². The lowest BCUT2D eigenvalue weighted by Gasteiger charge is -2.54. The number of halogens is 4. The smallest absolute Gasteiger partial charge is 0.420 e. The van der Waals surface area contributed by atoms with E-state index in [0.717, 1.165) is 63.4 Å². The highest BCUT2D eigenvalue weighted by Crippen LogP contribution is 2.49. The van der Waals surface area contributed by atoms with Crippen molar-refractivity contribution < 1.29 is 27.2 Å². The Bertz CT molecular complexity index is 1160. The number of fused-ring (bicyclic) bond motifs is 4. The van der Waals surface area contributed by atoms with E-state index >= 15 is 0 Å². The molecule has 2 aromatic rings. The van der Waals surface area contributed by atoms with Crippen molar-refractivity contribution in [3.8, 4) is 0 Å². The van der Waals surface area contributed by atoms with Gasteiger partial charge in [0.05, 0.1) is 10.6 Å². The Labute approximate surface area is 200 Å². The van der Waals surface area contributed by atoms with Crippen LogP contribution in [-0.2, 0) is 11.0 Å².